The predicted octanol–water partition coefficient (Wildman–Crippen LogP) is 2.94. The third-order valence-corrected chi connectivity index (χ3v) is 6.73. The lowest BCUT2D eigenvalue weighted by molar-refractivity contribution is -0.124. The normalized spacial score (nSPS) is 20.1. The predicted molar refractivity (Wildman–Crippen MR) is 112 cm³/mol. The molecule has 1 saturated carbocycles. The summed E-state index contributed by atoms with van der Waals surface area (Å²) in [5.41, 5.74) is 3.28. The largest absolute Gasteiger partial charge is 0.355 e. The molecule has 1 unspecified atom stereocenters. The van der Waals surface area contributed by atoms with Crippen molar-refractivity contribution in [2.24, 2.45) is 11.3 Å². The third-order valence-electron chi connectivity index (χ3n) is 6.73. The van der Waals surface area contributed by atoms with Crippen LogP contribution in [0.5, 0.6) is 0 Å². The highest BCUT2D eigenvalue weighted by atomic mass is 16.5. The van der Waals surface area contributed by atoms with Crippen molar-refractivity contribution < 1.29 is 14.1 Å². The van der Waals surface area contributed by atoms with E-state index in [9.17, 15) is 9.59 Å². The topological polar surface area (TPSA) is 93.3 Å². The summed E-state index contributed by atoms with van der Waals surface area (Å²) in [6.07, 6.45) is 2.84. The summed E-state index contributed by atoms with van der Waals surface area (Å²) in [6.45, 7) is 11.9. The highest BCUT2D eigenvalue weighted by Gasteiger charge is 2.56. The zero-order valence-electron chi connectivity index (χ0n) is 18.5. The van der Waals surface area contributed by atoms with Crippen LogP contribution in [0.1, 0.15) is 61.9 Å². The van der Waals surface area contributed by atoms with Crippen molar-refractivity contribution in [1.82, 2.24) is 25.2 Å². The molecule has 8 nitrogen and oxygen atoms in total. The molecule has 1 atom stereocenters. The molecule has 2 aromatic rings. The number of nitrogens with zero attached hydrogens (tertiary/aromatic N) is 4. The maximum Gasteiger partial charge on any atom is 0.276 e. The molecule has 2 amide bonds. The minimum atomic E-state index is -0.0959. The molecular formula is C22H31N5O3. The van der Waals surface area contributed by atoms with Gasteiger partial charge in [0, 0.05) is 43.4 Å². The fourth-order valence-electron chi connectivity index (χ4n) is 4.62. The SMILES string of the molecule is CCn1nc(C)c(-c2cc(C(=O)N3CCC4(CC3)CC4NC(=O)C(C)C)no2)c1C. The number of piperidine rings is 1. The van der Waals surface area contributed by atoms with Gasteiger partial charge in [-0.25, -0.2) is 0 Å². The molecule has 2 fully saturated rings. The second kappa shape index (κ2) is 7.56. The second-order valence-electron chi connectivity index (χ2n) is 9.01. The van der Waals surface area contributed by atoms with Crippen LogP contribution in [-0.2, 0) is 11.3 Å². The summed E-state index contributed by atoms with van der Waals surface area (Å²) < 4.78 is 7.44. The molecule has 1 N–H and O–H groups in total. The third kappa shape index (κ3) is 3.52. The summed E-state index contributed by atoms with van der Waals surface area (Å²) in [5, 5.41) is 11.7. The Balaban J connectivity index is 1.39. The number of amides is 2. The number of aromatic nitrogens is 3. The quantitative estimate of drug-likeness (QED) is 0.813. The van der Waals surface area contributed by atoms with E-state index in [1.54, 1.807) is 6.07 Å². The van der Waals surface area contributed by atoms with Crippen LogP contribution in [0.15, 0.2) is 10.6 Å². The first kappa shape index (κ1) is 20.6. The maximum absolute atomic E-state index is 13.0. The molecule has 3 heterocycles. The summed E-state index contributed by atoms with van der Waals surface area (Å²) >= 11 is 0. The molecule has 1 spiro atoms. The Morgan fingerprint density at radius 2 is 2.00 bits per heavy atom. The molecule has 1 saturated heterocycles. The first-order valence-corrected chi connectivity index (χ1v) is 10.9. The summed E-state index contributed by atoms with van der Waals surface area (Å²) in [4.78, 5) is 26.8. The molecule has 0 bridgehead atoms. The van der Waals surface area contributed by atoms with E-state index in [1.165, 1.54) is 0 Å². The van der Waals surface area contributed by atoms with E-state index >= 15 is 0 Å². The van der Waals surface area contributed by atoms with Crippen LogP contribution < -0.4 is 5.32 Å². The van der Waals surface area contributed by atoms with Gasteiger partial charge in [0.15, 0.2) is 11.5 Å². The van der Waals surface area contributed by atoms with E-state index in [0.717, 1.165) is 42.8 Å². The average molecular weight is 414 g/mol. The number of hydrogen-bond donors (Lipinski definition) is 1. The van der Waals surface area contributed by atoms with Crippen LogP contribution in [0.4, 0.5) is 0 Å². The highest BCUT2D eigenvalue weighted by Crippen LogP contribution is 2.54. The number of aryl methyl sites for hydroxylation is 2. The van der Waals surface area contributed by atoms with E-state index in [-0.39, 0.29) is 29.2 Å². The van der Waals surface area contributed by atoms with Crippen molar-refractivity contribution in [3.63, 3.8) is 0 Å². The molecule has 30 heavy (non-hydrogen) atoms. The van der Waals surface area contributed by atoms with Crippen molar-refractivity contribution in [2.45, 2.75) is 66.5 Å². The number of rotatable bonds is 5. The fraction of sp³-hybridized carbons (Fsp3) is 0.636. The summed E-state index contributed by atoms with van der Waals surface area (Å²) in [5.74, 6) is 0.603. The highest BCUT2D eigenvalue weighted by molar-refractivity contribution is 5.93. The van der Waals surface area contributed by atoms with Crippen LogP contribution in [0, 0.1) is 25.2 Å². The Hall–Kier alpha value is -2.64. The van der Waals surface area contributed by atoms with Gasteiger partial charge < -0.3 is 14.7 Å². The monoisotopic (exact) mass is 413 g/mol. The van der Waals surface area contributed by atoms with Gasteiger partial charge in [-0.1, -0.05) is 19.0 Å². The van der Waals surface area contributed by atoms with Crippen molar-refractivity contribution >= 4 is 11.8 Å². The van der Waals surface area contributed by atoms with E-state index in [2.05, 4.69) is 15.6 Å². The van der Waals surface area contributed by atoms with Crippen LogP contribution >= 0.6 is 0 Å². The molecule has 2 aromatic heterocycles. The zero-order chi connectivity index (χ0) is 21.6. The molecule has 1 aliphatic heterocycles. The summed E-state index contributed by atoms with van der Waals surface area (Å²) in [7, 11) is 0. The minimum Gasteiger partial charge on any atom is -0.355 e. The van der Waals surface area contributed by atoms with E-state index < -0.39 is 0 Å². The molecular weight excluding hydrogens is 382 g/mol. The van der Waals surface area contributed by atoms with Crippen LogP contribution in [0.3, 0.4) is 0 Å². The Labute approximate surface area is 177 Å². The molecule has 0 aromatic carbocycles. The minimum absolute atomic E-state index is 0.00221. The molecule has 8 heteroatoms. The molecule has 162 valence electrons. The van der Waals surface area contributed by atoms with Gasteiger partial charge in [-0.3, -0.25) is 14.3 Å². The molecule has 1 aliphatic carbocycles. The zero-order valence-corrected chi connectivity index (χ0v) is 18.5. The first-order valence-electron chi connectivity index (χ1n) is 10.9. The maximum atomic E-state index is 13.0. The number of carbonyl (C=O) groups is 2. The second-order valence-corrected chi connectivity index (χ2v) is 9.01. The number of hydrogen-bond acceptors (Lipinski definition) is 5. The number of carbonyl (C=O) groups excluding carboxylic acids is 2. The Morgan fingerprint density at radius 3 is 2.60 bits per heavy atom. The number of likely N-dealkylation sites (tertiary alicyclic amines) is 1. The van der Waals surface area contributed by atoms with Gasteiger partial charge in [0.05, 0.1) is 11.3 Å². The van der Waals surface area contributed by atoms with Crippen LogP contribution in [0.2, 0.25) is 0 Å². The van der Waals surface area contributed by atoms with Gasteiger partial charge in [-0.2, -0.15) is 5.10 Å². The van der Waals surface area contributed by atoms with Crippen molar-refractivity contribution in [3.05, 3.63) is 23.1 Å². The summed E-state index contributed by atoms with van der Waals surface area (Å²) in [6, 6.07) is 1.98. The molecule has 0 radical (unpaired) electrons. The average Bonchev–Trinajstić information content (AvgIpc) is 3.04. The Kier molecular flexibility index (Phi) is 5.20. The Morgan fingerprint density at radius 1 is 1.30 bits per heavy atom. The van der Waals surface area contributed by atoms with Gasteiger partial charge >= 0.3 is 0 Å². The lowest BCUT2D eigenvalue weighted by atomic mass is 9.92. The van der Waals surface area contributed by atoms with Gasteiger partial charge in [0.25, 0.3) is 5.91 Å². The van der Waals surface area contributed by atoms with Crippen molar-refractivity contribution in [2.75, 3.05) is 13.1 Å². The van der Waals surface area contributed by atoms with Gasteiger partial charge in [0.2, 0.25) is 5.91 Å². The van der Waals surface area contributed by atoms with Crippen LogP contribution in [0.25, 0.3) is 11.3 Å². The smallest absolute Gasteiger partial charge is 0.276 e. The van der Waals surface area contributed by atoms with E-state index in [1.807, 2.05) is 44.2 Å². The van der Waals surface area contributed by atoms with Gasteiger partial charge in [0.1, 0.15) is 0 Å². The first-order chi connectivity index (χ1) is 14.3. The number of nitrogens with one attached hydrogen (secondary N) is 1. The molecule has 4 rings (SSSR count). The fourth-order valence-corrected chi connectivity index (χ4v) is 4.62. The van der Waals surface area contributed by atoms with Crippen LogP contribution in [-0.4, -0.2) is 50.8 Å². The lowest BCUT2D eigenvalue weighted by Gasteiger charge is -2.32. The van der Waals surface area contributed by atoms with Crippen molar-refractivity contribution in [1.29, 1.82) is 0 Å². The van der Waals surface area contributed by atoms with Crippen molar-refractivity contribution in [3.8, 4) is 11.3 Å². The van der Waals surface area contributed by atoms with Gasteiger partial charge in [-0.15, -0.1) is 0 Å². The Bertz CT molecular complexity index is 966. The molecule has 2 aliphatic rings. The van der Waals surface area contributed by atoms with E-state index in [0.29, 0.717) is 24.5 Å². The lowest BCUT2D eigenvalue weighted by Crippen LogP contribution is -2.42. The van der Waals surface area contributed by atoms with Gasteiger partial charge in [-0.05, 0) is 45.4 Å². The van der Waals surface area contributed by atoms with E-state index in [4.69, 9.17) is 4.52 Å². The standard InChI is InChI=1S/C22H31N5O3/c1-6-27-15(5)19(14(4)24-27)17-11-16(25-30-17)21(29)26-9-7-22(8-10-26)12-18(22)23-20(28)13(2)3/h11,13,18H,6-10,12H2,1-5H3,(H,23,28).